The maximum absolute atomic E-state index is 11.8. The van der Waals surface area contributed by atoms with Gasteiger partial charge in [-0.15, -0.1) is 11.8 Å². The molecule has 0 aliphatic carbocycles. The van der Waals surface area contributed by atoms with Crippen molar-refractivity contribution in [2.45, 2.75) is 36.4 Å². The van der Waals surface area contributed by atoms with E-state index in [4.69, 9.17) is 4.65 Å². The fourth-order valence-electron chi connectivity index (χ4n) is 3.60. The molecule has 7 nitrogen and oxygen atoms in total. The number of fused-ring (bicyclic) bond motifs is 1. The molecule has 0 bridgehead atoms. The Labute approximate surface area is 174 Å². The van der Waals surface area contributed by atoms with E-state index in [1.807, 2.05) is 18.4 Å². The first-order chi connectivity index (χ1) is 13.5. The lowest BCUT2D eigenvalue weighted by atomic mass is 9.72. The second-order valence-electron chi connectivity index (χ2n) is 7.16. The Balaban J connectivity index is 1.75. The highest BCUT2D eigenvalue weighted by atomic mass is 32.2. The molecular weight excluding hydrogens is 399 g/mol. The normalized spacial score (nSPS) is 20.0. The summed E-state index contributed by atoms with van der Waals surface area (Å²) in [5.74, 6) is 1.38. The summed E-state index contributed by atoms with van der Waals surface area (Å²) in [4.78, 5) is 12.6. The molecule has 0 unspecified atom stereocenters. The van der Waals surface area contributed by atoms with Crippen LogP contribution in [0.3, 0.4) is 0 Å². The third-order valence-corrected chi connectivity index (χ3v) is 6.93. The van der Waals surface area contributed by atoms with Gasteiger partial charge in [0, 0.05) is 10.6 Å². The van der Waals surface area contributed by atoms with E-state index in [-0.39, 0.29) is 5.91 Å². The summed E-state index contributed by atoms with van der Waals surface area (Å²) >= 11 is 3.00. The highest BCUT2D eigenvalue weighted by Gasteiger charge is 2.38. The minimum absolute atomic E-state index is 0.167. The monoisotopic (exact) mass is 426 g/mol. The Morgan fingerprint density at radius 3 is 2.82 bits per heavy atom. The molecule has 1 atom stereocenters. The van der Waals surface area contributed by atoms with E-state index >= 15 is 0 Å². The number of hydrogen-bond donors (Lipinski definition) is 5. The first kappa shape index (κ1) is 21.8. The van der Waals surface area contributed by atoms with Gasteiger partial charge in [0.25, 0.3) is 0 Å². The number of amides is 1. The SMILES string of the molecule is CSCC(=O)N[C@H]1Cc2ccc(SCC3CCNCC3)c(C(O)O)c2OB1O. The molecule has 1 fully saturated rings. The number of nitrogens with one attached hydrogen (secondary N) is 2. The van der Waals surface area contributed by atoms with E-state index in [0.29, 0.717) is 29.4 Å². The van der Waals surface area contributed by atoms with Gasteiger partial charge in [0.1, 0.15) is 5.75 Å². The van der Waals surface area contributed by atoms with Crippen LogP contribution in [-0.2, 0) is 11.2 Å². The highest BCUT2D eigenvalue weighted by molar-refractivity contribution is 7.99. The van der Waals surface area contributed by atoms with Gasteiger partial charge in [0.2, 0.25) is 5.91 Å². The number of carbonyl (C=O) groups is 1. The molecule has 1 aromatic carbocycles. The van der Waals surface area contributed by atoms with Gasteiger partial charge >= 0.3 is 7.12 Å². The molecule has 0 saturated carbocycles. The van der Waals surface area contributed by atoms with E-state index in [1.165, 1.54) is 11.8 Å². The highest BCUT2D eigenvalue weighted by Crippen LogP contribution is 2.40. The number of piperidine rings is 1. The maximum atomic E-state index is 11.8. The maximum Gasteiger partial charge on any atom is 0.547 e. The molecule has 0 spiro atoms. The molecule has 1 saturated heterocycles. The molecule has 0 radical (unpaired) electrons. The van der Waals surface area contributed by atoms with Crippen molar-refractivity contribution < 1.29 is 24.7 Å². The summed E-state index contributed by atoms with van der Waals surface area (Å²) in [6, 6.07) is 3.76. The summed E-state index contributed by atoms with van der Waals surface area (Å²) in [7, 11) is -1.24. The summed E-state index contributed by atoms with van der Waals surface area (Å²) in [5, 5.41) is 36.4. The van der Waals surface area contributed by atoms with Crippen molar-refractivity contribution in [3.63, 3.8) is 0 Å². The van der Waals surface area contributed by atoms with Crippen molar-refractivity contribution in [1.82, 2.24) is 10.6 Å². The van der Waals surface area contributed by atoms with Crippen LogP contribution in [0.1, 0.15) is 30.3 Å². The number of aliphatic hydroxyl groups is 2. The van der Waals surface area contributed by atoms with Crippen molar-refractivity contribution in [3.05, 3.63) is 23.3 Å². The Kier molecular flexibility index (Phi) is 7.96. The van der Waals surface area contributed by atoms with E-state index in [2.05, 4.69) is 10.6 Å². The molecule has 3 rings (SSSR count). The summed E-state index contributed by atoms with van der Waals surface area (Å²) in [5.41, 5.74) is 1.04. The summed E-state index contributed by atoms with van der Waals surface area (Å²) in [6.45, 7) is 2.04. The largest absolute Gasteiger partial charge is 0.547 e. The third kappa shape index (κ3) is 5.37. The summed E-state index contributed by atoms with van der Waals surface area (Å²) in [6.07, 6.45) is 2.74. The zero-order chi connectivity index (χ0) is 20.1. The Morgan fingerprint density at radius 2 is 2.14 bits per heavy atom. The zero-order valence-electron chi connectivity index (χ0n) is 15.9. The average molecular weight is 426 g/mol. The van der Waals surface area contributed by atoms with Crippen molar-refractivity contribution >= 4 is 36.5 Å². The fraction of sp³-hybridized carbons (Fsp3) is 0.611. The number of thioether (sulfide) groups is 2. The van der Waals surface area contributed by atoms with Crippen LogP contribution in [0.25, 0.3) is 0 Å². The number of rotatable bonds is 7. The molecule has 2 aliphatic rings. The smallest absolute Gasteiger partial charge is 0.534 e. The molecule has 1 aromatic rings. The van der Waals surface area contributed by atoms with E-state index in [1.54, 1.807) is 11.8 Å². The molecule has 28 heavy (non-hydrogen) atoms. The van der Waals surface area contributed by atoms with Gasteiger partial charge in [-0.1, -0.05) is 6.07 Å². The minimum atomic E-state index is -1.69. The fourth-order valence-corrected chi connectivity index (χ4v) is 5.21. The van der Waals surface area contributed by atoms with Crippen LogP contribution in [0.4, 0.5) is 0 Å². The van der Waals surface area contributed by atoms with Gasteiger partial charge in [-0.3, -0.25) is 4.79 Å². The molecule has 154 valence electrons. The Bertz CT molecular complexity index is 688. The van der Waals surface area contributed by atoms with Crippen LogP contribution >= 0.6 is 23.5 Å². The lowest BCUT2D eigenvalue weighted by molar-refractivity contribution is -0.119. The lowest BCUT2D eigenvalue weighted by Gasteiger charge is -2.31. The quantitative estimate of drug-likeness (QED) is 0.245. The third-order valence-electron chi connectivity index (χ3n) is 5.07. The number of benzene rings is 1. The predicted molar refractivity (Wildman–Crippen MR) is 113 cm³/mol. The second kappa shape index (κ2) is 10.2. The van der Waals surface area contributed by atoms with Crippen molar-refractivity contribution in [3.8, 4) is 5.75 Å². The van der Waals surface area contributed by atoms with E-state index < -0.39 is 19.3 Å². The van der Waals surface area contributed by atoms with Gasteiger partial charge in [-0.2, -0.15) is 11.8 Å². The average Bonchev–Trinajstić information content (AvgIpc) is 2.67. The molecule has 0 aromatic heterocycles. The van der Waals surface area contributed by atoms with Crippen molar-refractivity contribution in [1.29, 1.82) is 0 Å². The molecule has 2 aliphatic heterocycles. The zero-order valence-corrected chi connectivity index (χ0v) is 17.5. The first-order valence-corrected chi connectivity index (χ1v) is 11.9. The van der Waals surface area contributed by atoms with Crippen LogP contribution < -0.4 is 15.3 Å². The molecule has 10 heteroatoms. The topological polar surface area (TPSA) is 111 Å². The van der Waals surface area contributed by atoms with Crippen LogP contribution in [0.2, 0.25) is 0 Å². The van der Waals surface area contributed by atoms with Crippen LogP contribution in [0, 0.1) is 5.92 Å². The number of hydrogen-bond acceptors (Lipinski definition) is 8. The standard InChI is InChI=1S/C18H27BN2O5S2/c1-27-10-15(22)21-14-8-12-2-3-13(28-9-11-4-6-20-7-5-11)16(18(23)24)17(12)26-19(14)25/h2-3,11,14,18,20,23-25H,4-10H2,1H3,(H,21,22)/t14-/m0/s1. The van der Waals surface area contributed by atoms with Gasteiger partial charge in [-0.05, 0) is 56.2 Å². The molecular formula is C18H27BN2O5S2. The van der Waals surface area contributed by atoms with Crippen molar-refractivity contribution in [2.75, 3.05) is 30.9 Å². The van der Waals surface area contributed by atoms with Crippen molar-refractivity contribution in [2.24, 2.45) is 5.92 Å². The number of carbonyl (C=O) groups excluding carboxylic acids is 1. The molecule has 5 N–H and O–H groups in total. The second-order valence-corrected chi connectivity index (χ2v) is 9.09. The Morgan fingerprint density at radius 1 is 1.39 bits per heavy atom. The summed E-state index contributed by atoms with van der Waals surface area (Å²) < 4.78 is 5.64. The molecule has 1 amide bonds. The minimum Gasteiger partial charge on any atom is -0.534 e. The predicted octanol–water partition coefficient (Wildman–Crippen LogP) is 0.564. The van der Waals surface area contributed by atoms with E-state index in [9.17, 15) is 20.0 Å². The van der Waals surface area contributed by atoms with Gasteiger partial charge < -0.3 is 30.5 Å². The lowest BCUT2D eigenvalue weighted by Crippen LogP contribution is -2.53. The van der Waals surface area contributed by atoms with Gasteiger partial charge in [0.05, 0.1) is 17.3 Å². The van der Waals surface area contributed by atoms with Crippen LogP contribution in [0.15, 0.2) is 17.0 Å². The van der Waals surface area contributed by atoms with E-state index in [0.717, 1.165) is 42.1 Å². The van der Waals surface area contributed by atoms with Gasteiger partial charge in [-0.25, -0.2) is 0 Å². The number of aliphatic hydroxyl groups excluding tert-OH is 1. The van der Waals surface area contributed by atoms with Crippen LogP contribution in [0.5, 0.6) is 5.75 Å². The Hall–Kier alpha value is -0.905. The molecule has 2 heterocycles. The van der Waals surface area contributed by atoms with Crippen LogP contribution in [-0.4, -0.2) is 65.1 Å². The van der Waals surface area contributed by atoms with Gasteiger partial charge in [0.15, 0.2) is 6.29 Å². The first-order valence-electron chi connectivity index (χ1n) is 9.48.